The van der Waals surface area contributed by atoms with Gasteiger partial charge in [-0.05, 0) is 0 Å². The van der Waals surface area contributed by atoms with E-state index in [1.165, 1.54) is 3.58 Å². The van der Waals surface area contributed by atoms with Gasteiger partial charge < -0.3 is 0 Å². The van der Waals surface area contributed by atoms with Crippen LogP contribution in [0.15, 0.2) is 53.6 Å². The number of halogens is 1. The summed E-state index contributed by atoms with van der Waals surface area (Å²) in [5.41, 5.74) is 0.544. The summed E-state index contributed by atoms with van der Waals surface area (Å²) in [6, 6.07) is 11.9. The van der Waals surface area contributed by atoms with Gasteiger partial charge in [-0.25, -0.2) is 0 Å². The van der Waals surface area contributed by atoms with Crippen LogP contribution in [-0.4, -0.2) is 36.0 Å². The second-order valence-electron chi connectivity index (χ2n) is 6.44. The third-order valence-electron chi connectivity index (χ3n) is 3.70. The minimum atomic E-state index is -3.73. The third-order valence-corrected chi connectivity index (χ3v) is 11.3. The van der Waals surface area contributed by atoms with Gasteiger partial charge in [-0.3, -0.25) is 0 Å². The molecule has 120 valence electrons. The van der Waals surface area contributed by atoms with Crippen LogP contribution in [0.25, 0.3) is 10.9 Å². The van der Waals surface area contributed by atoms with Crippen LogP contribution in [0.2, 0.25) is 19.8 Å². The molecule has 0 N–H and O–H groups in total. The molecule has 3 aromatic rings. The maximum absolute atomic E-state index is 12.9. The van der Waals surface area contributed by atoms with Crippen molar-refractivity contribution in [1.82, 2.24) is 9.19 Å². The second kappa shape index (κ2) is 5.79. The van der Waals surface area contributed by atoms with Crippen LogP contribution in [-0.2, 0) is 10.0 Å². The first-order chi connectivity index (χ1) is 10.7. The van der Waals surface area contributed by atoms with Gasteiger partial charge in [0.05, 0.1) is 0 Å². The molecule has 0 fully saturated rings. The fraction of sp³-hybridized carbons (Fsp3) is 0.188. The van der Waals surface area contributed by atoms with Crippen molar-refractivity contribution in [3.05, 3.63) is 53.7 Å². The summed E-state index contributed by atoms with van der Waals surface area (Å²) in [7, 11) is -3.73. The van der Waals surface area contributed by atoms with E-state index in [0.717, 1.165) is 9.47 Å². The summed E-state index contributed by atoms with van der Waals surface area (Å²) in [5, 5.41) is 5.59. The molecular weight excluding hydrogens is 438 g/mol. The molecule has 2 aromatic carbocycles. The zero-order chi connectivity index (χ0) is 16.8. The summed E-state index contributed by atoms with van der Waals surface area (Å²) >= 11 is 3.79. The summed E-state index contributed by atoms with van der Waals surface area (Å²) in [6.45, 7) is 0. The molecule has 0 aliphatic heterocycles. The first-order valence-corrected chi connectivity index (χ1v) is 19.0. The topological polar surface area (TPSA) is 52.0 Å². The molecule has 23 heavy (non-hydrogen) atoms. The Bertz CT molecular complexity index is 976. The van der Waals surface area contributed by atoms with E-state index in [-0.39, 0.29) is 4.90 Å². The molecule has 0 unspecified atom stereocenters. The van der Waals surface area contributed by atoms with Crippen LogP contribution in [0.4, 0.5) is 0 Å². The third kappa shape index (κ3) is 3.01. The van der Waals surface area contributed by atoms with E-state index in [1.54, 1.807) is 42.6 Å². The molecule has 0 saturated heterocycles. The summed E-state index contributed by atoms with van der Waals surface area (Å²) in [5.74, 6) is 0. The van der Waals surface area contributed by atoms with Gasteiger partial charge in [0.25, 0.3) is 0 Å². The molecule has 1 aromatic heterocycles. The van der Waals surface area contributed by atoms with E-state index in [0.29, 0.717) is 10.5 Å². The molecule has 0 aliphatic rings. The van der Waals surface area contributed by atoms with Gasteiger partial charge in [0, 0.05) is 0 Å². The standard InChI is InChI=1S/C13H8ClN2O2S.3CH3.Sn/c14-11-7-6-10-9-15-16(13(10)8-11)19(17,18)12-4-2-1-3-5-12;;;;/h1-5,7-9H;3*1H3;. The number of fused-ring (bicyclic) bond motifs is 1. The zero-order valence-electron chi connectivity index (χ0n) is 13.1. The van der Waals surface area contributed by atoms with Crippen LogP contribution in [0.3, 0.4) is 0 Å². The van der Waals surface area contributed by atoms with Crippen molar-refractivity contribution in [2.45, 2.75) is 19.7 Å². The number of aromatic nitrogens is 2. The first kappa shape index (κ1) is 16.8. The molecule has 1 heterocycles. The van der Waals surface area contributed by atoms with Crippen molar-refractivity contribution >= 4 is 54.5 Å². The Kier molecular flexibility index (Phi) is 4.23. The SMILES string of the molecule is [CH3][Sn]([CH3])([CH3])[c]1cc(Cl)cc2c1cnn2S(=O)(=O)c1ccccc1. The maximum atomic E-state index is 12.9. The van der Waals surface area contributed by atoms with Gasteiger partial charge >= 0.3 is 145 Å². The average molecular weight is 456 g/mol. The van der Waals surface area contributed by atoms with Crippen LogP contribution in [0.5, 0.6) is 0 Å². The number of hydrogen-bond donors (Lipinski definition) is 0. The second-order valence-corrected chi connectivity index (χ2v) is 23.0. The van der Waals surface area contributed by atoms with Crippen molar-refractivity contribution in [3.63, 3.8) is 0 Å². The number of nitrogens with zero attached hydrogens (tertiary/aromatic N) is 2. The number of benzene rings is 2. The van der Waals surface area contributed by atoms with Gasteiger partial charge in [-0.1, -0.05) is 0 Å². The zero-order valence-corrected chi connectivity index (χ0v) is 17.5. The number of hydrogen-bond acceptors (Lipinski definition) is 3. The van der Waals surface area contributed by atoms with E-state index < -0.39 is 28.4 Å². The molecule has 0 spiro atoms. The van der Waals surface area contributed by atoms with Gasteiger partial charge in [0.1, 0.15) is 0 Å². The monoisotopic (exact) mass is 456 g/mol. The van der Waals surface area contributed by atoms with Crippen LogP contribution < -0.4 is 3.58 Å². The molecular formula is C16H17ClN2O2SSn. The Balaban J connectivity index is 2.31. The van der Waals surface area contributed by atoms with Crippen LogP contribution in [0.1, 0.15) is 0 Å². The molecule has 0 amide bonds. The van der Waals surface area contributed by atoms with E-state index in [2.05, 4.69) is 19.9 Å². The minimum absolute atomic E-state index is 0.214. The molecule has 0 radical (unpaired) electrons. The predicted molar refractivity (Wildman–Crippen MR) is 96.7 cm³/mol. The van der Waals surface area contributed by atoms with Crippen molar-refractivity contribution in [2.24, 2.45) is 0 Å². The van der Waals surface area contributed by atoms with E-state index in [4.69, 9.17) is 11.6 Å². The van der Waals surface area contributed by atoms with Gasteiger partial charge in [0.2, 0.25) is 0 Å². The molecule has 4 nitrogen and oxygen atoms in total. The van der Waals surface area contributed by atoms with Crippen molar-refractivity contribution < 1.29 is 8.42 Å². The Morgan fingerprint density at radius 3 is 2.35 bits per heavy atom. The summed E-state index contributed by atoms with van der Waals surface area (Å²) in [6.07, 6.45) is 1.64. The van der Waals surface area contributed by atoms with E-state index in [9.17, 15) is 8.42 Å². The Morgan fingerprint density at radius 2 is 1.74 bits per heavy atom. The van der Waals surface area contributed by atoms with Gasteiger partial charge in [-0.15, -0.1) is 0 Å². The fourth-order valence-corrected chi connectivity index (χ4v) is 8.87. The summed E-state index contributed by atoms with van der Waals surface area (Å²) in [4.78, 5) is 7.01. The molecule has 7 heteroatoms. The molecule has 0 bridgehead atoms. The Morgan fingerprint density at radius 1 is 1.09 bits per heavy atom. The van der Waals surface area contributed by atoms with Crippen molar-refractivity contribution in [1.29, 1.82) is 0 Å². The number of rotatable bonds is 3. The Hall–Kier alpha value is -1.05. The molecule has 0 saturated carbocycles. The van der Waals surface area contributed by atoms with E-state index >= 15 is 0 Å². The Labute approximate surface area is 145 Å². The quantitative estimate of drug-likeness (QED) is 0.569. The molecule has 0 atom stereocenters. The first-order valence-electron chi connectivity index (χ1n) is 7.19. The normalized spacial score (nSPS) is 12.7. The van der Waals surface area contributed by atoms with Crippen LogP contribution in [0, 0.1) is 0 Å². The van der Waals surface area contributed by atoms with E-state index in [1.807, 2.05) is 6.07 Å². The summed E-state index contributed by atoms with van der Waals surface area (Å²) < 4.78 is 28.0. The van der Waals surface area contributed by atoms with Gasteiger partial charge in [-0.2, -0.15) is 0 Å². The predicted octanol–water partition coefficient (Wildman–Crippen LogP) is 3.47. The van der Waals surface area contributed by atoms with Gasteiger partial charge in [0.15, 0.2) is 0 Å². The van der Waals surface area contributed by atoms with Crippen molar-refractivity contribution in [3.8, 4) is 0 Å². The van der Waals surface area contributed by atoms with Crippen molar-refractivity contribution in [2.75, 3.05) is 0 Å². The molecule has 0 aliphatic carbocycles. The molecule has 3 rings (SSSR count). The average Bonchev–Trinajstić information content (AvgIpc) is 2.90. The fourth-order valence-electron chi connectivity index (χ4n) is 2.57. The van der Waals surface area contributed by atoms with Crippen LogP contribution >= 0.6 is 11.6 Å².